The molecule has 0 spiro atoms. The van der Waals surface area contributed by atoms with E-state index < -0.39 is 17.3 Å². The topological polar surface area (TPSA) is 48.7 Å². The first-order valence-electron chi connectivity index (χ1n) is 5.29. The van der Waals surface area contributed by atoms with Crippen LogP contribution < -0.4 is 5.32 Å². The lowest BCUT2D eigenvalue weighted by molar-refractivity contribution is -0.137. The number of halogens is 3. The maximum absolute atomic E-state index is 12.8. The average Bonchev–Trinajstić information content (AvgIpc) is 2.39. The fourth-order valence-corrected chi connectivity index (χ4v) is 1.56. The standard InChI is InChI=1S/C13H8F3N3/c14-13(15,16)12-6-10(4-3-9(12)7-17)19-11-2-1-5-18-8-11/h1-6,8,19H. The molecule has 1 heterocycles. The Bertz CT molecular complexity index is 615. The molecular weight excluding hydrogens is 255 g/mol. The second-order valence-corrected chi connectivity index (χ2v) is 3.74. The van der Waals surface area contributed by atoms with Crippen molar-refractivity contribution in [3.8, 4) is 6.07 Å². The summed E-state index contributed by atoms with van der Waals surface area (Å²) in [6, 6.07) is 8.34. The van der Waals surface area contributed by atoms with Gasteiger partial charge in [-0.25, -0.2) is 0 Å². The fourth-order valence-electron chi connectivity index (χ4n) is 1.56. The van der Waals surface area contributed by atoms with Crippen LogP contribution in [0.25, 0.3) is 0 Å². The highest BCUT2D eigenvalue weighted by atomic mass is 19.4. The number of nitriles is 1. The summed E-state index contributed by atoms with van der Waals surface area (Å²) in [6.45, 7) is 0. The van der Waals surface area contributed by atoms with Crippen LogP contribution in [-0.2, 0) is 6.18 Å². The number of hydrogen-bond acceptors (Lipinski definition) is 3. The van der Waals surface area contributed by atoms with E-state index in [2.05, 4.69) is 10.3 Å². The molecule has 0 amide bonds. The highest BCUT2D eigenvalue weighted by Crippen LogP contribution is 2.34. The first-order chi connectivity index (χ1) is 9.00. The molecule has 0 aliphatic rings. The van der Waals surface area contributed by atoms with E-state index in [9.17, 15) is 13.2 Å². The summed E-state index contributed by atoms with van der Waals surface area (Å²) < 4.78 is 38.3. The van der Waals surface area contributed by atoms with Gasteiger partial charge < -0.3 is 5.32 Å². The second-order valence-electron chi connectivity index (χ2n) is 3.74. The normalized spacial score (nSPS) is 10.8. The summed E-state index contributed by atoms with van der Waals surface area (Å²) >= 11 is 0. The SMILES string of the molecule is N#Cc1ccc(Nc2cccnc2)cc1C(F)(F)F. The predicted octanol–water partition coefficient (Wildman–Crippen LogP) is 3.72. The quantitative estimate of drug-likeness (QED) is 0.898. The molecule has 1 aromatic heterocycles. The molecule has 19 heavy (non-hydrogen) atoms. The fraction of sp³-hybridized carbons (Fsp3) is 0.0769. The predicted molar refractivity (Wildman–Crippen MR) is 63.7 cm³/mol. The van der Waals surface area contributed by atoms with Crippen LogP contribution in [-0.4, -0.2) is 4.98 Å². The lowest BCUT2D eigenvalue weighted by atomic mass is 10.1. The third kappa shape index (κ3) is 3.01. The molecule has 6 heteroatoms. The number of pyridine rings is 1. The first-order valence-corrected chi connectivity index (χ1v) is 5.29. The van der Waals surface area contributed by atoms with Gasteiger partial charge in [-0.2, -0.15) is 18.4 Å². The van der Waals surface area contributed by atoms with Crippen LogP contribution in [0.5, 0.6) is 0 Å². The van der Waals surface area contributed by atoms with E-state index in [0.29, 0.717) is 5.69 Å². The molecule has 0 bridgehead atoms. The Morgan fingerprint density at radius 1 is 1.16 bits per heavy atom. The number of nitrogens with one attached hydrogen (secondary N) is 1. The largest absolute Gasteiger partial charge is 0.417 e. The minimum absolute atomic E-state index is 0.249. The van der Waals surface area contributed by atoms with Crippen molar-refractivity contribution in [3.05, 3.63) is 53.9 Å². The van der Waals surface area contributed by atoms with Crippen molar-refractivity contribution in [2.75, 3.05) is 5.32 Å². The molecule has 0 aliphatic carbocycles. The van der Waals surface area contributed by atoms with Crippen LogP contribution in [0.2, 0.25) is 0 Å². The van der Waals surface area contributed by atoms with Crippen LogP contribution in [0, 0.1) is 11.3 Å². The molecule has 0 saturated heterocycles. The Hall–Kier alpha value is -2.55. The van der Waals surface area contributed by atoms with Crippen LogP contribution in [0.3, 0.4) is 0 Å². The summed E-state index contributed by atoms with van der Waals surface area (Å²) in [4.78, 5) is 3.85. The highest BCUT2D eigenvalue weighted by Gasteiger charge is 2.33. The van der Waals surface area contributed by atoms with Gasteiger partial charge in [0.05, 0.1) is 29.1 Å². The summed E-state index contributed by atoms with van der Waals surface area (Å²) in [5, 5.41) is 11.5. The molecule has 3 nitrogen and oxygen atoms in total. The van der Waals surface area contributed by atoms with Gasteiger partial charge in [0.2, 0.25) is 0 Å². The zero-order chi connectivity index (χ0) is 13.9. The molecule has 0 atom stereocenters. The molecule has 0 radical (unpaired) electrons. The van der Waals surface area contributed by atoms with Crippen molar-refractivity contribution in [2.24, 2.45) is 0 Å². The number of alkyl halides is 3. The summed E-state index contributed by atoms with van der Waals surface area (Å²) in [5.41, 5.74) is -0.534. The van der Waals surface area contributed by atoms with E-state index in [1.807, 2.05) is 0 Å². The van der Waals surface area contributed by atoms with Crippen LogP contribution in [0.4, 0.5) is 24.5 Å². The Morgan fingerprint density at radius 3 is 2.53 bits per heavy atom. The number of hydrogen-bond donors (Lipinski definition) is 1. The van der Waals surface area contributed by atoms with Gasteiger partial charge in [-0.3, -0.25) is 4.98 Å². The van der Waals surface area contributed by atoms with Gasteiger partial charge >= 0.3 is 6.18 Å². The molecule has 2 rings (SSSR count). The Labute approximate surface area is 107 Å². The van der Waals surface area contributed by atoms with Crippen molar-refractivity contribution in [2.45, 2.75) is 6.18 Å². The van der Waals surface area contributed by atoms with Crippen LogP contribution in [0.1, 0.15) is 11.1 Å². The maximum Gasteiger partial charge on any atom is 0.417 e. The molecule has 0 saturated carbocycles. The summed E-state index contributed by atoms with van der Waals surface area (Å²) in [6.07, 6.45) is -1.51. The third-order valence-electron chi connectivity index (χ3n) is 2.40. The molecule has 1 N–H and O–H groups in total. The van der Waals surface area contributed by atoms with Crippen molar-refractivity contribution in [1.29, 1.82) is 5.26 Å². The number of anilines is 2. The van der Waals surface area contributed by atoms with E-state index in [4.69, 9.17) is 5.26 Å². The minimum Gasteiger partial charge on any atom is -0.354 e. The molecule has 96 valence electrons. The molecule has 1 aromatic carbocycles. The lowest BCUT2D eigenvalue weighted by Gasteiger charge is -2.12. The van der Waals surface area contributed by atoms with E-state index in [-0.39, 0.29) is 5.69 Å². The number of rotatable bonds is 2. The number of nitrogens with zero attached hydrogens (tertiary/aromatic N) is 2. The maximum atomic E-state index is 12.8. The number of aromatic nitrogens is 1. The smallest absolute Gasteiger partial charge is 0.354 e. The Kier molecular flexibility index (Phi) is 3.38. The van der Waals surface area contributed by atoms with Crippen molar-refractivity contribution >= 4 is 11.4 Å². The highest BCUT2D eigenvalue weighted by molar-refractivity contribution is 5.61. The van der Waals surface area contributed by atoms with Crippen molar-refractivity contribution in [1.82, 2.24) is 4.98 Å². The van der Waals surface area contributed by atoms with Gasteiger partial charge in [-0.15, -0.1) is 0 Å². The number of benzene rings is 1. The van der Waals surface area contributed by atoms with Gasteiger partial charge in [-0.05, 0) is 30.3 Å². The zero-order valence-electron chi connectivity index (χ0n) is 9.57. The van der Waals surface area contributed by atoms with Crippen molar-refractivity contribution in [3.63, 3.8) is 0 Å². The van der Waals surface area contributed by atoms with Gasteiger partial charge in [0.1, 0.15) is 0 Å². The van der Waals surface area contributed by atoms with Crippen LogP contribution in [0.15, 0.2) is 42.7 Å². The Morgan fingerprint density at radius 2 is 1.95 bits per heavy atom. The summed E-state index contributed by atoms with van der Waals surface area (Å²) in [7, 11) is 0. The van der Waals surface area contributed by atoms with Crippen LogP contribution >= 0.6 is 0 Å². The zero-order valence-corrected chi connectivity index (χ0v) is 9.57. The summed E-state index contributed by atoms with van der Waals surface area (Å²) in [5.74, 6) is 0. The van der Waals surface area contributed by atoms with Gasteiger partial charge in [0.15, 0.2) is 0 Å². The molecular formula is C13H8F3N3. The minimum atomic E-state index is -4.56. The van der Waals surface area contributed by atoms with E-state index in [0.717, 1.165) is 12.1 Å². The third-order valence-corrected chi connectivity index (χ3v) is 2.40. The van der Waals surface area contributed by atoms with Gasteiger partial charge in [0.25, 0.3) is 0 Å². The lowest BCUT2D eigenvalue weighted by Crippen LogP contribution is -2.08. The molecule has 2 aromatic rings. The second kappa shape index (κ2) is 4.98. The molecule has 0 aliphatic heterocycles. The van der Waals surface area contributed by atoms with Gasteiger partial charge in [-0.1, -0.05) is 0 Å². The van der Waals surface area contributed by atoms with E-state index in [1.54, 1.807) is 18.3 Å². The van der Waals surface area contributed by atoms with Gasteiger partial charge in [0, 0.05) is 11.9 Å². The Balaban J connectivity index is 2.37. The first kappa shape index (κ1) is 12.9. The van der Waals surface area contributed by atoms with E-state index >= 15 is 0 Å². The van der Waals surface area contributed by atoms with E-state index in [1.165, 1.54) is 18.3 Å². The molecule has 0 unspecified atom stereocenters. The monoisotopic (exact) mass is 263 g/mol. The van der Waals surface area contributed by atoms with Crippen molar-refractivity contribution < 1.29 is 13.2 Å². The molecule has 0 fully saturated rings. The average molecular weight is 263 g/mol.